The Morgan fingerprint density at radius 3 is 2.73 bits per heavy atom. The number of methoxy groups -OCH3 is 1. The molecule has 2 N–H and O–H groups in total. The van der Waals surface area contributed by atoms with Crippen molar-refractivity contribution in [2.24, 2.45) is 5.10 Å². The summed E-state index contributed by atoms with van der Waals surface area (Å²) >= 11 is 9.66. The van der Waals surface area contributed by atoms with E-state index >= 15 is 0 Å². The van der Waals surface area contributed by atoms with Crippen LogP contribution in [0.15, 0.2) is 70.2 Å². The highest BCUT2D eigenvalue weighted by molar-refractivity contribution is 9.10. The highest BCUT2D eigenvalue weighted by Crippen LogP contribution is 2.37. The number of phenols is 1. The second-order valence-electron chi connectivity index (χ2n) is 6.16. The summed E-state index contributed by atoms with van der Waals surface area (Å²) in [6, 6.07) is 17.0. The van der Waals surface area contributed by atoms with E-state index in [0.29, 0.717) is 32.1 Å². The van der Waals surface area contributed by atoms with E-state index in [-0.39, 0.29) is 12.4 Å². The number of carbonyl (C=O) groups is 1. The van der Waals surface area contributed by atoms with Gasteiger partial charge in [0, 0.05) is 16.1 Å². The molecule has 0 bridgehead atoms. The zero-order chi connectivity index (χ0) is 21.5. The lowest BCUT2D eigenvalue weighted by molar-refractivity contribution is 0.0954. The van der Waals surface area contributed by atoms with Crippen LogP contribution < -0.4 is 14.9 Å². The molecule has 0 aliphatic heterocycles. The number of hydrogen-bond donors (Lipinski definition) is 2. The Labute approximate surface area is 187 Å². The minimum absolute atomic E-state index is 0.00711. The molecular weight excluding hydrogens is 472 g/mol. The van der Waals surface area contributed by atoms with Crippen molar-refractivity contribution in [3.8, 4) is 17.2 Å². The van der Waals surface area contributed by atoms with Gasteiger partial charge in [0.1, 0.15) is 12.4 Å². The SMILES string of the molecule is COc1cc(/C=N\NC(=O)c2cccc(O)c2)cc(Br)c1OCc1ccccc1Cl. The Bertz CT molecular complexity index is 1090. The molecule has 1 amide bonds. The van der Waals surface area contributed by atoms with E-state index < -0.39 is 5.91 Å². The molecular formula is C22H18BrClN2O4. The lowest BCUT2D eigenvalue weighted by atomic mass is 10.2. The zero-order valence-electron chi connectivity index (χ0n) is 15.9. The first-order valence-corrected chi connectivity index (χ1v) is 10.0. The molecule has 154 valence electrons. The van der Waals surface area contributed by atoms with Gasteiger partial charge in [0.05, 0.1) is 17.8 Å². The standard InChI is InChI=1S/C22H18BrClN2O4/c1-29-20-10-14(12-25-26-22(28)15-6-4-7-17(27)11-15)9-18(23)21(20)30-13-16-5-2-3-8-19(16)24/h2-12,27H,13H2,1H3,(H,26,28)/b25-12-. The van der Waals surface area contributed by atoms with Crippen LogP contribution >= 0.6 is 27.5 Å². The van der Waals surface area contributed by atoms with Gasteiger partial charge in [-0.1, -0.05) is 35.9 Å². The topological polar surface area (TPSA) is 80.2 Å². The quantitative estimate of drug-likeness (QED) is 0.355. The lowest BCUT2D eigenvalue weighted by Gasteiger charge is -2.14. The van der Waals surface area contributed by atoms with Crippen LogP contribution in [0.1, 0.15) is 21.5 Å². The minimum Gasteiger partial charge on any atom is -0.508 e. The molecule has 0 aliphatic carbocycles. The van der Waals surface area contributed by atoms with Crippen molar-refractivity contribution in [3.05, 3.63) is 86.8 Å². The number of carbonyl (C=O) groups excluding carboxylic acids is 1. The highest BCUT2D eigenvalue weighted by Gasteiger charge is 2.12. The van der Waals surface area contributed by atoms with Crippen LogP contribution in [0.4, 0.5) is 0 Å². The summed E-state index contributed by atoms with van der Waals surface area (Å²) in [5, 5.41) is 14.0. The van der Waals surface area contributed by atoms with Gasteiger partial charge in [-0.05, 0) is 57.9 Å². The van der Waals surface area contributed by atoms with Crippen LogP contribution in [0.5, 0.6) is 17.2 Å². The van der Waals surface area contributed by atoms with Crippen LogP contribution in [-0.2, 0) is 6.61 Å². The predicted octanol–water partition coefficient (Wildman–Crippen LogP) is 5.16. The molecule has 0 radical (unpaired) electrons. The monoisotopic (exact) mass is 488 g/mol. The van der Waals surface area contributed by atoms with Gasteiger partial charge in [0.15, 0.2) is 11.5 Å². The van der Waals surface area contributed by atoms with Gasteiger partial charge in [0.2, 0.25) is 0 Å². The third-order valence-electron chi connectivity index (χ3n) is 4.07. The summed E-state index contributed by atoms with van der Waals surface area (Å²) in [6.07, 6.45) is 1.48. The van der Waals surface area contributed by atoms with Crippen molar-refractivity contribution in [2.45, 2.75) is 6.61 Å². The van der Waals surface area contributed by atoms with Crippen LogP contribution in [0.3, 0.4) is 0 Å². The van der Waals surface area contributed by atoms with Gasteiger partial charge in [-0.3, -0.25) is 4.79 Å². The van der Waals surface area contributed by atoms with Gasteiger partial charge in [-0.2, -0.15) is 5.10 Å². The number of nitrogens with one attached hydrogen (secondary N) is 1. The van der Waals surface area contributed by atoms with Gasteiger partial charge in [-0.15, -0.1) is 0 Å². The Balaban J connectivity index is 1.71. The summed E-state index contributed by atoms with van der Waals surface area (Å²) in [5.41, 5.74) is 4.25. The van der Waals surface area contributed by atoms with Gasteiger partial charge in [0.25, 0.3) is 5.91 Å². The molecule has 3 aromatic carbocycles. The van der Waals surface area contributed by atoms with E-state index in [1.54, 1.807) is 30.3 Å². The number of benzene rings is 3. The molecule has 0 saturated heterocycles. The maximum absolute atomic E-state index is 12.1. The first kappa shape index (κ1) is 21.7. The average Bonchev–Trinajstić information content (AvgIpc) is 2.73. The van der Waals surface area contributed by atoms with Crippen molar-refractivity contribution in [3.63, 3.8) is 0 Å². The smallest absolute Gasteiger partial charge is 0.271 e. The van der Waals surface area contributed by atoms with E-state index in [4.69, 9.17) is 21.1 Å². The largest absolute Gasteiger partial charge is 0.508 e. The maximum atomic E-state index is 12.1. The number of hydrazone groups is 1. The van der Waals surface area contributed by atoms with E-state index in [2.05, 4.69) is 26.5 Å². The number of nitrogens with zero attached hydrogens (tertiary/aromatic N) is 1. The summed E-state index contributed by atoms with van der Waals surface area (Å²) < 4.78 is 12.0. The fraction of sp³-hybridized carbons (Fsp3) is 0.0909. The third-order valence-corrected chi connectivity index (χ3v) is 5.03. The average molecular weight is 490 g/mol. The van der Waals surface area contributed by atoms with Gasteiger partial charge in [-0.25, -0.2) is 5.43 Å². The second-order valence-corrected chi connectivity index (χ2v) is 7.43. The summed E-state index contributed by atoms with van der Waals surface area (Å²) in [7, 11) is 1.54. The fourth-order valence-corrected chi connectivity index (χ4v) is 3.36. The van der Waals surface area contributed by atoms with Gasteiger partial charge < -0.3 is 14.6 Å². The molecule has 0 spiro atoms. The number of halogens is 2. The third kappa shape index (κ3) is 5.52. The van der Waals surface area contributed by atoms with Crippen LogP contribution in [0.2, 0.25) is 5.02 Å². The van der Waals surface area contributed by atoms with Crippen molar-refractivity contribution in [1.29, 1.82) is 0 Å². The zero-order valence-corrected chi connectivity index (χ0v) is 18.3. The molecule has 0 aromatic heterocycles. The fourth-order valence-electron chi connectivity index (χ4n) is 2.60. The molecule has 0 fully saturated rings. The lowest BCUT2D eigenvalue weighted by Crippen LogP contribution is -2.17. The minimum atomic E-state index is -0.437. The molecule has 0 heterocycles. The first-order chi connectivity index (χ1) is 14.5. The second kappa shape index (κ2) is 10.1. The van der Waals surface area contributed by atoms with Crippen molar-refractivity contribution < 1.29 is 19.4 Å². The molecule has 0 saturated carbocycles. The molecule has 3 rings (SSSR count). The summed E-state index contributed by atoms with van der Waals surface area (Å²) in [5.74, 6) is 0.594. The Morgan fingerprint density at radius 2 is 2.00 bits per heavy atom. The maximum Gasteiger partial charge on any atom is 0.271 e. The summed E-state index contributed by atoms with van der Waals surface area (Å²) in [4.78, 5) is 12.1. The van der Waals surface area contributed by atoms with E-state index in [1.807, 2.05) is 18.2 Å². The van der Waals surface area contributed by atoms with Crippen LogP contribution in [-0.4, -0.2) is 24.3 Å². The summed E-state index contributed by atoms with van der Waals surface area (Å²) in [6.45, 7) is 0.280. The van der Waals surface area contributed by atoms with E-state index in [1.165, 1.54) is 25.5 Å². The van der Waals surface area contributed by atoms with E-state index in [0.717, 1.165) is 5.56 Å². The molecule has 30 heavy (non-hydrogen) atoms. The number of phenolic OH excluding ortho intramolecular Hbond substituents is 1. The van der Waals surface area contributed by atoms with Gasteiger partial charge >= 0.3 is 0 Å². The van der Waals surface area contributed by atoms with E-state index in [9.17, 15) is 9.90 Å². The Hall–Kier alpha value is -3.03. The van der Waals surface area contributed by atoms with Crippen molar-refractivity contribution >= 4 is 39.7 Å². The molecule has 6 nitrogen and oxygen atoms in total. The molecule has 0 atom stereocenters. The number of aromatic hydroxyl groups is 1. The number of rotatable bonds is 7. The molecule has 3 aromatic rings. The van der Waals surface area contributed by atoms with Crippen LogP contribution in [0.25, 0.3) is 0 Å². The van der Waals surface area contributed by atoms with Crippen molar-refractivity contribution in [2.75, 3.05) is 7.11 Å². The predicted molar refractivity (Wildman–Crippen MR) is 120 cm³/mol. The van der Waals surface area contributed by atoms with Crippen molar-refractivity contribution in [1.82, 2.24) is 5.43 Å². The molecule has 0 aliphatic rings. The number of ether oxygens (including phenoxy) is 2. The number of amides is 1. The first-order valence-electron chi connectivity index (χ1n) is 8.84. The normalized spacial score (nSPS) is 10.8. The molecule has 8 heteroatoms. The molecule has 0 unspecified atom stereocenters. The highest BCUT2D eigenvalue weighted by atomic mass is 79.9. The van der Waals surface area contributed by atoms with Crippen LogP contribution in [0, 0.1) is 0 Å². The number of hydrogen-bond acceptors (Lipinski definition) is 5. The Kier molecular flexibility index (Phi) is 7.32. The Morgan fingerprint density at radius 1 is 1.20 bits per heavy atom.